The second kappa shape index (κ2) is 4.11. The molecule has 1 aromatic carbocycles. The molecule has 90 valence electrons. The van der Waals surface area contributed by atoms with Gasteiger partial charge in [-0.1, -0.05) is 0 Å². The minimum atomic E-state index is -0.520. The molecule has 0 saturated carbocycles. The molecule has 0 spiro atoms. The smallest absolute Gasteiger partial charge is 0.408 e. The highest BCUT2D eigenvalue weighted by atomic mass is 32.1. The van der Waals surface area contributed by atoms with Gasteiger partial charge in [0.15, 0.2) is 5.58 Å². The van der Waals surface area contributed by atoms with Crippen LogP contribution in [0.4, 0.5) is 5.69 Å². The SMILES string of the molecule is O=C(Nc1ccc2[nH]c(=O)oc2c1)c1cscn1. The van der Waals surface area contributed by atoms with Gasteiger partial charge in [-0.05, 0) is 12.1 Å². The summed E-state index contributed by atoms with van der Waals surface area (Å²) in [6.45, 7) is 0. The number of nitrogens with one attached hydrogen (secondary N) is 2. The number of aromatic amines is 1. The van der Waals surface area contributed by atoms with E-state index >= 15 is 0 Å². The van der Waals surface area contributed by atoms with E-state index in [2.05, 4.69) is 15.3 Å². The summed E-state index contributed by atoms with van der Waals surface area (Å²) in [5, 5.41) is 4.33. The molecule has 1 amide bonds. The molecule has 3 rings (SSSR count). The van der Waals surface area contributed by atoms with Crippen molar-refractivity contribution in [3.8, 4) is 0 Å². The molecular formula is C11H7N3O3S. The Morgan fingerprint density at radius 2 is 2.33 bits per heavy atom. The van der Waals surface area contributed by atoms with Crippen molar-refractivity contribution in [1.29, 1.82) is 0 Å². The first kappa shape index (κ1) is 10.7. The van der Waals surface area contributed by atoms with Crippen LogP contribution < -0.4 is 11.1 Å². The number of hydrogen-bond acceptors (Lipinski definition) is 5. The number of hydrogen-bond donors (Lipinski definition) is 2. The van der Waals surface area contributed by atoms with Gasteiger partial charge in [-0.15, -0.1) is 11.3 Å². The first-order valence-electron chi connectivity index (χ1n) is 5.05. The van der Waals surface area contributed by atoms with Gasteiger partial charge in [0.2, 0.25) is 0 Å². The van der Waals surface area contributed by atoms with Gasteiger partial charge in [0, 0.05) is 17.1 Å². The number of amides is 1. The van der Waals surface area contributed by atoms with E-state index in [1.54, 1.807) is 29.1 Å². The van der Waals surface area contributed by atoms with E-state index in [9.17, 15) is 9.59 Å². The Labute approximate surface area is 104 Å². The number of carbonyl (C=O) groups excluding carboxylic acids is 1. The lowest BCUT2D eigenvalue weighted by molar-refractivity contribution is 0.102. The Balaban J connectivity index is 1.91. The molecule has 2 N–H and O–H groups in total. The van der Waals surface area contributed by atoms with Crippen LogP contribution in [0, 0.1) is 0 Å². The first-order chi connectivity index (χ1) is 8.72. The van der Waals surface area contributed by atoms with E-state index in [0.29, 0.717) is 22.5 Å². The largest absolute Gasteiger partial charge is 0.417 e. The normalized spacial score (nSPS) is 10.7. The van der Waals surface area contributed by atoms with Crippen molar-refractivity contribution in [2.75, 3.05) is 5.32 Å². The fourth-order valence-corrected chi connectivity index (χ4v) is 2.08. The molecule has 0 saturated heterocycles. The molecule has 0 bridgehead atoms. The fourth-order valence-electron chi connectivity index (χ4n) is 1.54. The Hall–Kier alpha value is -2.41. The zero-order valence-electron chi connectivity index (χ0n) is 8.97. The minimum absolute atomic E-state index is 0.298. The van der Waals surface area contributed by atoms with Crippen molar-refractivity contribution in [1.82, 2.24) is 9.97 Å². The lowest BCUT2D eigenvalue weighted by atomic mass is 10.3. The third-order valence-corrected chi connectivity index (χ3v) is 2.93. The van der Waals surface area contributed by atoms with Gasteiger partial charge in [0.05, 0.1) is 11.0 Å². The maximum atomic E-state index is 11.7. The highest BCUT2D eigenvalue weighted by Crippen LogP contribution is 2.17. The molecule has 6 nitrogen and oxygen atoms in total. The molecular weight excluding hydrogens is 254 g/mol. The molecule has 0 fully saturated rings. The number of fused-ring (bicyclic) bond motifs is 1. The molecule has 0 aliphatic carbocycles. The van der Waals surface area contributed by atoms with Crippen LogP contribution >= 0.6 is 11.3 Å². The fraction of sp³-hybridized carbons (Fsp3) is 0. The number of benzene rings is 1. The van der Waals surface area contributed by atoms with Crippen LogP contribution in [0.15, 0.2) is 38.3 Å². The van der Waals surface area contributed by atoms with Gasteiger partial charge in [-0.2, -0.15) is 0 Å². The number of oxazole rings is 1. The summed E-state index contributed by atoms with van der Waals surface area (Å²) in [4.78, 5) is 29.2. The van der Waals surface area contributed by atoms with E-state index in [0.717, 1.165) is 0 Å². The predicted molar refractivity (Wildman–Crippen MR) is 66.9 cm³/mol. The van der Waals surface area contributed by atoms with Gasteiger partial charge in [0.25, 0.3) is 5.91 Å². The molecule has 2 aromatic heterocycles. The molecule has 0 aliphatic rings. The van der Waals surface area contributed by atoms with E-state index in [-0.39, 0.29) is 5.91 Å². The quantitative estimate of drug-likeness (QED) is 0.736. The van der Waals surface area contributed by atoms with Gasteiger partial charge < -0.3 is 9.73 Å². The Morgan fingerprint density at radius 1 is 1.44 bits per heavy atom. The summed E-state index contributed by atoms with van der Waals surface area (Å²) in [5.41, 5.74) is 3.48. The Morgan fingerprint density at radius 3 is 3.11 bits per heavy atom. The summed E-state index contributed by atoms with van der Waals surface area (Å²) in [7, 11) is 0. The predicted octanol–water partition coefficient (Wildman–Crippen LogP) is 1.83. The highest BCUT2D eigenvalue weighted by Gasteiger charge is 2.09. The van der Waals surface area contributed by atoms with Gasteiger partial charge in [-0.3, -0.25) is 9.78 Å². The molecule has 7 heteroatoms. The summed E-state index contributed by atoms with van der Waals surface area (Å²) >= 11 is 1.35. The van der Waals surface area contributed by atoms with Crippen molar-refractivity contribution < 1.29 is 9.21 Å². The van der Waals surface area contributed by atoms with Crippen molar-refractivity contribution in [3.05, 3.63) is 45.3 Å². The number of nitrogens with zero attached hydrogens (tertiary/aromatic N) is 1. The third-order valence-electron chi connectivity index (χ3n) is 2.34. The molecule has 18 heavy (non-hydrogen) atoms. The molecule has 0 unspecified atom stereocenters. The van der Waals surface area contributed by atoms with Crippen LogP contribution in [0.1, 0.15) is 10.5 Å². The summed E-state index contributed by atoms with van der Waals surface area (Å²) in [6, 6.07) is 4.92. The molecule has 3 aromatic rings. The van der Waals surface area contributed by atoms with Gasteiger partial charge in [0.1, 0.15) is 5.69 Å². The van der Waals surface area contributed by atoms with Crippen LogP contribution in [0.2, 0.25) is 0 Å². The van der Waals surface area contributed by atoms with Crippen LogP contribution in [0.3, 0.4) is 0 Å². The standard InChI is InChI=1S/C11H7N3O3S/c15-10(8-4-18-5-12-8)13-6-1-2-7-9(3-6)17-11(16)14-7/h1-5H,(H,13,15)(H,14,16). The molecule has 0 radical (unpaired) electrons. The van der Waals surface area contributed by atoms with E-state index in [4.69, 9.17) is 4.42 Å². The second-order valence-corrected chi connectivity index (χ2v) is 4.27. The van der Waals surface area contributed by atoms with Crippen LogP contribution in [0.25, 0.3) is 11.1 Å². The lowest BCUT2D eigenvalue weighted by Crippen LogP contribution is -2.11. The Bertz CT molecular complexity index is 757. The molecule has 0 atom stereocenters. The van der Waals surface area contributed by atoms with Crippen LogP contribution in [-0.2, 0) is 0 Å². The van der Waals surface area contributed by atoms with Crippen LogP contribution in [-0.4, -0.2) is 15.9 Å². The number of aromatic nitrogens is 2. The van der Waals surface area contributed by atoms with Crippen molar-refractivity contribution in [3.63, 3.8) is 0 Å². The summed E-state index contributed by atoms with van der Waals surface area (Å²) in [6.07, 6.45) is 0. The van der Waals surface area contributed by atoms with Gasteiger partial charge >= 0.3 is 5.76 Å². The number of anilines is 1. The zero-order valence-corrected chi connectivity index (χ0v) is 9.78. The lowest BCUT2D eigenvalue weighted by Gasteiger charge is -2.02. The molecule has 0 aliphatic heterocycles. The topological polar surface area (TPSA) is 88.0 Å². The van der Waals surface area contributed by atoms with E-state index in [1.807, 2.05) is 0 Å². The monoisotopic (exact) mass is 261 g/mol. The average molecular weight is 261 g/mol. The van der Waals surface area contributed by atoms with Crippen LogP contribution in [0.5, 0.6) is 0 Å². The molecule has 2 heterocycles. The average Bonchev–Trinajstić information content (AvgIpc) is 2.95. The Kier molecular flexibility index (Phi) is 2.45. The maximum Gasteiger partial charge on any atom is 0.417 e. The van der Waals surface area contributed by atoms with E-state index < -0.39 is 5.76 Å². The summed E-state index contributed by atoms with van der Waals surface area (Å²) < 4.78 is 4.90. The van der Waals surface area contributed by atoms with Crippen molar-refractivity contribution >= 4 is 34.0 Å². The summed E-state index contributed by atoms with van der Waals surface area (Å²) in [5.74, 6) is -0.818. The first-order valence-corrected chi connectivity index (χ1v) is 5.99. The number of thiazole rings is 1. The van der Waals surface area contributed by atoms with Gasteiger partial charge in [-0.25, -0.2) is 9.78 Å². The number of H-pyrrole nitrogens is 1. The number of rotatable bonds is 2. The zero-order chi connectivity index (χ0) is 12.5. The van der Waals surface area contributed by atoms with Crippen molar-refractivity contribution in [2.24, 2.45) is 0 Å². The second-order valence-electron chi connectivity index (χ2n) is 3.55. The highest BCUT2D eigenvalue weighted by molar-refractivity contribution is 7.07. The van der Waals surface area contributed by atoms with Crippen molar-refractivity contribution in [2.45, 2.75) is 0 Å². The minimum Gasteiger partial charge on any atom is -0.408 e. The van der Waals surface area contributed by atoms with E-state index in [1.165, 1.54) is 11.3 Å². The number of carbonyl (C=O) groups is 1. The maximum absolute atomic E-state index is 11.7. The third kappa shape index (κ3) is 1.91.